The van der Waals surface area contributed by atoms with Crippen molar-refractivity contribution in [3.05, 3.63) is 35.2 Å². The number of carbonyl (C=O) groups is 2. The van der Waals surface area contributed by atoms with Crippen molar-refractivity contribution in [3.8, 4) is 5.75 Å². The van der Waals surface area contributed by atoms with Crippen molar-refractivity contribution in [2.75, 3.05) is 38.1 Å². The van der Waals surface area contributed by atoms with Gasteiger partial charge in [-0.1, -0.05) is 19.4 Å². The Labute approximate surface area is 193 Å². The first-order valence-corrected chi connectivity index (χ1v) is 12.3. The highest BCUT2D eigenvalue weighted by Gasteiger charge is 2.32. The molecule has 33 heavy (non-hydrogen) atoms. The predicted molar refractivity (Wildman–Crippen MR) is 123 cm³/mol. The zero-order valence-electron chi connectivity index (χ0n) is 19.1. The number of piperazine rings is 1. The molecule has 0 bridgehead atoms. The number of nitrogens with zero attached hydrogens (tertiary/aromatic N) is 3. The molecule has 1 aromatic carbocycles. The van der Waals surface area contributed by atoms with Crippen molar-refractivity contribution in [3.63, 3.8) is 0 Å². The second kappa shape index (κ2) is 10.3. The van der Waals surface area contributed by atoms with Gasteiger partial charge in [0, 0.05) is 33.2 Å². The molecule has 2 heterocycles. The molecule has 0 atom stereocenters. The summed E-state index contributed by atoms with van der Waals surface area (Å²) in [5, 5.41) is 10.1. The van der Waals surface area contributed by atoms with Crippen LogP contribution in [0.2, 0.25) is 0 Å². The maximum atomic E-state index is 13.3. The second-order valence-corrected chi connectivity index (χ2v) is 9.49. The monoisotopic (exact) mass is 478 g/mol. The number of sulfonamides is 1. The average Bonchev–Trinajstić information content (AvgIpc) is 3.09. The van der Waals surface area contributed by atoms with Gasteiger partial charge in [0.25, 0.3) is 11.8 Å². The van der Waals surface area contributed by atoms with Crippen LogP contribution in [-0.2, 0) is 23.5 Å². The molecule has 1 aliphatic rings. The van der Waals surface area contributed by atoms with Crippen molar-refractivity contribution in [2.24, 2.45) is 12.8 Å². The third-order valence-corrected chi connectivity index (χ3v) is 7.21. The molecule has 0 radical (unpaired) electrons. The van der Waals surface area contributed by atoms with Crippen LogP contribution < -0.4 is 21.1 Å². The van der Waals surface area contributed by atoms with E-state index in [1.54, 1.807) is 14.0 Å². The van der Waals surface area contributed by atoms with E-state index >= 15 is 0 Å². The molecule has 1 saturated heterocycles. The van der Waals surface area contributed by atoms with Crippen LogP contribution >= 0.6 is 0 Å². The van der Waals surface area contributed by atoms with Gasteiger partial charge >= 0.3 is 0 Å². The summed E-state index contributed by atoms with van der Waals surface area (Å²) in [5.74, 6) is -1.39. The molecular weight excluding hydrogens is 448 g/mol. The number of aryl methyl sites for hydroxylation is 2. The number of benzene rings is 1. The molecule has 2 aromatic rings. The molecule has 1 aliphatic heterocycles. The SMILES string of the molecule is CCCc1nn(C)c(C(N)=O)c1NC(=O)c1cccc(S(=O)(=O)N2CCNCC2)c1OCC. The van der Waals surface area contributed by atoms with Crippen LogP contribution in [0.5, 0.6) is 5.75 Å². The smallest absolute Gasteiger partial charge is 0.269 e. The minimum Gasteiger partial charge on any atom is -0.492 e. The normalized spacial score (nSPS) is 14.8. The lowest BCUT2D eigenvalue weighted by Crippen LogP contribution is -2.46. The standard InChI is InChI=1S/C21H30N6O5S/c1-4-7-15-17(18(20(22)28)26(3)25-15)24-21(29)14-8-6-9-16(19(14)32-5-2)33(30,31)27-12-10-23-11-13-27/h6,8-9,23H,4-5,7,10-13H2,1-3H3,(H2,22,28)(H,24,29). The van der Waals surface area contributed by atoms with Crippen molar-refractivity contribution in [1.82, 2.24) is 19.4 Å². The van der Waals surface area contributed by atoms with Gasteiger partial charge in [0.05, 0.1) is 23.6 Å². The summed E-state index contributed by atoms with van der Waals surface area (Å²) in [5.41, 5.74) is 6.35. The molecule has 4 N–H and O–H groups in total. The molecule has 1 fully saturated rings. The minimum absolute atomic E-state index is 0.0300. The van der Waals surface area contributed by atoms with Gasteiger partial charge in [0.2, 0.25) is 10.0 Å². The Bertz CT molecular complexity index is 1140. The van der Waals surface area contributed by atoms with Crippen LogP contribution in [0, 0.1) is 0 Å². The fourth-order valence-electron chi connectivity index (χ4n) is 3.80. The summed E-state index contributed by atoms with van der Waals surface area (Å²) in [6.45, 7) is 5.55. The van der Waals surface area contributed by atoms with Gasteiger partial charge in [0.15, 0.2) is 5.75 Å². The second-order valence-electron chi connectivity index (χ2n) is 7.58. The molecule has 0 unspecified atom stereocenters. The zero-order chi connectivity index (χ0) is 24.2. The Morgan fingerprint density at radius 2 is 1.94 bits per heavy atom. The van der Waals surface area contributed by atoms with Crippen LogP contribution in [0.25, 0.3) is 0 Å². The summed E-state index contributed by atoms with van der Waals surface area (Å²) in [4.78, 5) is 25.2. The van der Waals surface area contributed by atoms with E-state index in [4.69, 9.17) is 10.5 Å². The molecule has 12 heteroatoms. The van der Waals surface area contributed by atoms with Crippen LogP contribution in [-0.4, -0.2) is 67.1 Å². The first kappa shape index (κ1) is 24.7. The Morgan fingerprint density at radius 1 is 1.24 bits per heavy atom. The molecule has 0 aliphatic carbocycles. The van der Waals surface area contributed by atoms with E-state index in [-0.39, 0.29) is 34.2 Å². The van der Waals surface area contributed by atoms with Crippen molar-refractivity contribution < 1.29 is 22.7 Å². The number of anilines is 1. The molecule has 2 amide bonds. The van der Waals surface area contributed by atoms with Crippen molar-refractivity contribution >= 4 is 27.5 Å². The number of hydrogen-bond acceptors (Lipinski definition) is 7. The first-order chi connectivity index (χ1) is 15.7. The Morgan fingerprint density at radius 3 is 2.55 bits per heavy atom. The fraction of sp³-hybridized carbons (Fsp3) is 0.476. The number of nitrogens with one attached hydrogen (secondary N) is 2. The van der Waals surface area contributed by atoms with E-state index in [9.17, 15) is 18.0 Å². The topological polar surface area (TPSA) is 149 Å². The lowest BCUT2D eigenvalue weighted by Gasteiger charge is -2.27. The van der Waals surface area contributed by atoms with E-state index in [2.05, 4.69) is 15.7 Å². The van der Waals surface area contributed by atoms with E-state index in [1.807, 2.05) is 6.92 Å². The van der Waals surface area contributed by atoms with Gasteiger partial charge in [-0.25, -0.2) is 8.42 Å². The van der Waals surface area contributed by atoms with E-state index in [0.717, 1.165) is 6.42 Å². The Balaban J connectivity index is 2.05. The van der Waals surface area contributed by atoms with E-state index in [1.165, 1.54) is 27.2 Å². The number of rotatable bonds is 9. The van der Waals surface area contributed by atoms with Crippen molar-refractivity contribution in [1.29, 1.82) is 0 Å². The molecule has 0 spiro atoms. The van der Waals surface area contributed by atoms with E-state index in [0.29, 0.717) is 38.3 Å². The lowest BCUT2D eigenvalue weighted by molar-refractivity contribution is 0.0992. The summed E-state index contributed by atoms with van der Waals surface area (Å²) in [6, 6.07) is 4.41. The van der Waals surface area contributed by atoms with Gasteiger partial charge in [-0.3, -0.25) is 14.3 Å². The maximum absolute atomic E-state index is 13.3. The largest absolute Gasteiger partial charge is 0.492 e. The number of nitrogens with two attached hydrogens (primary N) is 1. The fourth-order valence-corrected chi connectivity index (χ4v) is 5.40. The first-order valence-electron chi connectivity index (χ1n) is 10.9. The Hall–Kier alpha value is -2.96. The highest BCUT2D eigenvalue weighted by atomic mass is 32.2. The molecule has 11 nitrogen and oxygen atoms in total. The maximum Gasteiger partial charge on any atom is 0.269 e. The third-order valence-electron chi connectivity index (χ3n) is 5.28. The zero-order valence-corrected chi connectivity index (χ0v) is 19.9. The van der Waals surface area contributed by atoms with Gasteiger partial charge in [-0.05, 0) is 25.5 Å². The third kappa shape index (κ3) is 5.02. The summed E-state index contributed by atoms with van der Waals surface area (Å²) < 4.78 is 35.0. The minimum atomic E-state index is -3.88. The number of para-hydroxylation sites is 1. The number of hydrogen-bond donors (Lipinski definition) is 3. The molecule has 180 valence electrons. The van der Waals surface area contributed by atoms with Gasteiger partial charge < -0.3 is 21.1 Å². The van der Waals surface area contributed by atoms with Gasteiger partial charge in [0.1, 0.15) is 10.6 Å². The number of primary amides is 1. The van der Waals surface area contributed by atoms with Gasteiger partial charge in [-0.2, -0.15) is 9.40 Å². The summed E-state index contributed by atoms with van der Waals surface area (Å²) in [6.07, 6.45) is 1.26. The summed E-state index contributed by atoms with van der Waals surface area (Å²) >= 11 is 0. The number of carbonyl (C=O) groups excluding carboxylic acids is 2. The molecule has 3 rings (SSSR count). The van der Waals surface area contributed by atoms with Crippen LogP contribution in [0.4, 0.5) is 5.69 Å². The Kier molecular flexibility index (Phi) is 7.72. The number of amides is 2. The van der Waals surface area contributed by atoms with Gasteiger partial charge in [-0.15, -0.1) is 0 Å². The average molecular weight is 479 g/mol. The highest BCUT2D eigenvalue weighted by Crippen LogP contribution is 2.32. The van der Waals surface area contributed by atoms with Crippen LogP contribution in [0.3, 0.4) is 0 Å². The number of ether oxygens (including phenoxy) is 1. The summed E-state index contributed by atoms with van der Waals surface area (Å²) in [7, 11) is -2.31. The van der Waals surface area contributed by atoms with E-state index < -0.39 is 21.8 Å². The van der Waals surface area contributed by atoms with Crippen LogP contribution in [0.15, 0.2) is 23.1 Å². The predicted octanol–water partition coefficient (Wildman–Crippen LogP) is 0.716. The molecule has 0 saturated carbocycles. The van der Waals surface area contributed by atoms with Crippen molar-refractivity contribution in [2.45, 2.75) is 31.6 Å². The quantitative estimate of drug-likeness (QED) is 0.481. The van der Waals surface area contributed by atoms with Crippen LogP contribution in [0.1, 0.15) is 46.8 Å². The molecule has 1 aromatic heterocycles. The lowest BCUT2D eigenvalue weighted by atomic mass is 10.1. The highest BCUT2D eigenvalue weighted by molar-refractivity contribution is 7.89. The number of aromatic nitrogens is 2. The molecular formula is C21H30N6O5S.